The van der Waals surface area contributed by atoms with Crippen molar-refractivity contribution >= 4 is 5.96 Å². The van der Waals surface area contributed by atoms with Crippen molar-refractivity contribution in [3.63, 3.8) is 0 Å². The first-order chi connectivity index (χ1) is 14.6. The van der Waals surface area contributed by atoms with Crippen LogP contribution in [0.4, 0.5) is 4.39 Å². The second-order valence-corrected chi connectivity index (χ2v) is 8.84. The van der Waals surface area contributed by atoms with E-state index in [0.29, 0.717) is 25.2 Å². The molecule has 2 aliphatic rings. The zero-order valence-corrected chi connectivity index (χ0v) is 18.6. The number of hydrogen-bond acceptors (Lipinski definition) is 3. The fourth-order valence-electron chi connectivity index (χ4n) is 4.97. The molecule has 5 nitrogen and oxygen atoms in total. The van der Waals surface area contributed by atoms with E-state index in [1.165, 1.54) is 31.7 Å². The van der Waals surface area contributed by atoms with Gasteiger partial charge in [-0.05, 0) is 62.1 Å². The van der Waals surface area contributed by atoms with Crippen molar-refractivity contribution in [1.82, 2.24) is 10.6 Å². The molecule has 1 aromatic carbocycles. The maximum Gasteiger partial charge on any atom is 0.191 e. The van der Waals surface area contributed by atoms with Gasteiger partial charge in [-0.25, -0.2) is 4.39 Å². The van der Waals surface area contributed by atoms with Crippen molar-refractivity contribution in [3.8, 4) is 0 Å². The van der Waals surface area contributed by atoms with Gasteiger partial charge in [-0.3, -0.25) is 4.99 Å². The lowest BCUT2D eigenvalue weighted by atomic mass is 9.74. The third kappa shape index (κ3) is 5.94. The average molecular weight is 420 g/mol. The SMILES string of the molecule is CCOCCC1(CNC(=NC)NCC2(c3cccc(F)c3)CCOCC2)CCCC1. The maximum absolute atomic E-state index is 13.9. The van der Waals surface area contributed by atoms with Crippen molar-refractivity contribution in [1.29, 1.82) is 0 Å². The Morgan fingerprint density at radius 2 is 1.87 bits per heavy atom. The first-order valence-electron chi connectivity index (χ1n) is 11.5. The minimum Gasteiger partial charge on any atom is -0.382 e. The minimum atomic E-state index is -0.182. The molecule has 1 saturated carbocycles. The van der Waals surface area contributed by atoms with Crippen LogP contribution in [-0.2, 0) is 14.9 Å². The zero-order chi connectivity index (χ0) is 21.3. The second-order valence-electron chi connectivity index (χ2n) is 8.84. The molecular weight excluding hydrogens is 381 g/mol. The summed E-state index contributed by atoms with van der Waals surface area (Å²) in [5.74, 6) is 0.637. The van der Waals surface area contributed by atoms with Gasteiger partial charge in [-0.2, -0.15) is 0 Å². The molecule has 1 aliphatic heterocycles. The van der Waals surface area contributed by atoms with E-state index in [1.54, 1.807) is 12.1 Å². The molecule has 0 unspecified atom stereocenters. The lowest BCUT2D eigenvalue weighted by molar-refractivity contribution is 0.0512. The molecule has 0 spiro atoms. The fourth-order valence-corrected chi connectivity index (χ4v) is 4.97. The van der Waals surface area contributed by atoms with E-state index in [4.69, 9.17) is 9.47 Å². The highest BCUT2D eigenvalue weighted by Gasteiger charge is 2.36. The van der Waals surface area contributed by atoms with Crippen molar-refractivity contribution < 1.29 is 13.9 Å². The lowest BCUT2D eigenvalue weighted by Crippen LogP contribution is -2.49. The van der Waals surface area contributed by atoms with Gasteiger partial charge in [-0.15, -0.1) is 0 Å². The molecule has 6 heteroatoms. The Kier molecular flexibility index (Phi) is 8.51. The molecule has 0 aromatic heterocycles. The van der Waals surface area contributed by atoms with Crippen LogP contribution in [0.25, 0.3) is 0 Å². The van der Waals surface area contributed by atoms with Crippen LogP contribution < -0.4 is 10.6 Å². The van der Waals surface area contributed by atoms with Gasteiger partial charge in [0, 0.05) is 52.0 Å². The van der Waals surface area contributed by atoms with Crippen LogP contribution in [-0.4, -0.2) is 52.5 Å². The molecule has 1 heterocycles. The third-order valence-electron chi connectivity index (χ3n) is 6.98. The molecule has 0 bridgehead atoms. The van der Waals surface area contributed by atoms with Gasteiger partial charge in [0.2, 0.25) is 0 Å². The van der Waals surface area contributed by atoms with E-state index >= 15 is 0 Å². The first kappa shape index (κ1) is 23.0. The highest BCUT2D eigenvalue weighted by molar-refractivity contribution is 5.79. The predicted molar refractivity (Wildman–Crippen MR) is 120 cm³/mol. The van der Waals surface area contributed by atoms with E-state index in [9.17, 15) is 4.39 Å². The number of aliphatic imine (C=N–C) groups is 1. The number of rotatable bonds is 9. The highest BCUT2D eigenvalue weighted by Crippen LogP contribution is 2.40. The summed E-state index contributed by atoms with van der Waals surface area (Å²) in [6, 6.07) is 7.02. The molecular formula is C24H38FN3O2. The summed E-state index contributed by atoms with van der Waals surface area (Å²) >= 11 is 0. The summed E-state index contributed by atoms with van der Waals surface area (Å²) in [5, 5.41) is 7.11. The predicted octanol–water partition coefficient (Wildman–Crippen LogP) is 4.03. The molecule has 3 rings (SSSR count). The summed E-state index contributed by atoms with van der Waals surface area (Å²) in [6.07, 6.45) is 7.92. The third-order valence-corrected chi connectivity index (χ3v) is 6.98. The topological polar surface area (TPSA) is 54.9 Å². The van der Waals surface area contributed by atoms with Gasteiger partial charge in [0.1, 0.15) is 5.82 Å². The van der Waals surface area contributed by atoms with Gasteiger partial charge in [0.05, 0.1) is 0 Å². The highest BCUT2D eigenvalue weighted by atomic mass is 19.1. The number of benzene rings is 1. The second kappa shape index (κ2) is 11.1. The monoisotopic (exact) mass is 419 g/mol. The lowest BCUT2D eigenvalue weighted by Gasteiger charge is -2.38. The fraction of sp³-hybridized carbons (Fsp3) is 0.708. The Hall–Kier alpha value is -1.66. The summed E-state index contributed by atoms with van der Waals surface area (Å²) in [5.41, 5.74) is 1.20. The number of hydrogen-bond donors (Lipinski definition) is 2. The average Bonchev–Trinajstić information content (AvgIpc) is 3.24. The van der Waals surface area contributed by atoms with Crippen molar-refractivity contribution in [3.05, 3.63) is 35.6 Å². The van der Waals surface area contributed by atoms with E-state index in [1.807, 2.05) is 13.1 Å². The van der Waals surface area contributed by atoms with E-state index in [2.05, 4.69) is 22.5 Å². The normalized spacial score (nSPS) is 20.8. The number of guanidine groups is 1. The van der Waals surface area contributed by atoms with Crippen LogP contribution in [0.1, 0.15) is 57.4 Å². The first-order valence-corrected chi connectivity index (χ1v) is 11.5. The van der Waals surface area contributed by atoms with Gasteiger partial charge in [-0.1, -0.05) is 25.0 Å². The molecule has 0 radical (unpaired) electrons. The molecule has 0 atom stereocenters. The van der Waals surface area contributed by atoms with Crippen LogP contribution in [0.2, 0.25) is 0 Å². The van der Waals surface area contributed by atoms with Crippen LogP contribution in [0.15, 0.2) is 29.3 Å². The van der Waals surface area contributed by atoms with Gasteiger partial charge in [0.15, 0.2) is 5.96 Å². The number of ether oxygens (including phenoxy) is 2. The maximum atomic E-state index is 13.9. The Bertz CT molecular complexity index is 683. The molecule has 168 valence electrons. The molecule has 1 aromatic rings. The van der Waals surface area contributed by atoms with E-state index < -0.39 is 0 Å². The quantitative estimate of drug-likeness (QED) is 0.361. The number of nitrogens with zero attached hydrogens (tertiary/aromatic N) is 1. The van der Waals surface area contributed by atoms with Crippen LogP contribution >= 0.6 is 0 Å². The van der Waals surface area contributed by atoms with Crippen LogP contribution in [0.5, 0.6) is 0 Å². The molecule has 30 heavy (non-hydrogen) atoms. The van der Waals surface area contributed by atoms with Gasteiger partial charge >= 0.3 is 0 Å². The molecule has 0 amide bonds. The summed E-state index contributed by atoms with van der Waals surface area (Å²) < 4.78 is 25.2. The number of halogens is 1. The van der Waals surface area contributed by atoms with Crippen LogP contribution in [0.3, 0.4) is 0 Å². The van der Waals surface area contributed by atoms with E-state index in [-0.39, 0.29) is 11.2 Å². The van der Waals surface area contributed by atoms with Crippen molar-refractivity contribution in [2.45, 2.75) is 57.3 Å². The minimum absolute atomic E-state index is 0.141. The summed E-state index contributed by atoms with van der Waals surface area (Å²) in [6.45, 7) is 6.68. The molecule has 2 fully saturated rings. The number of nitrogens with one attached hydrogen (secondary N) is 2. The smallest absolute Gasteiger partial charge is 0.191 e. The molecule has 1 saturated heterocycles. The summed E-state index contributed by atoms with van der Waals surface area (Å²) in [4.78, 5) is 4.46. The standard InChI is InChI=1S/C24H38FN3O2/c1-3-29-14-11-23(9-4-5-10-23)18-27-22(26-2)28-19-24(12-15-30-16-13-24)20-7-6-8-21(25)17-20/h6-8,17H,3-5,9-16,18-19H2,1-2H3,(H2,26,27,28). The molecule has 2 N–H and O–H groups in total. The van der Waals surface area contributed by atoms with Crippen molar-refractivity contribution in [2.75, 3.05) is 46.6 Å². The van der Waals surface area contributed by atoms with Crippen LogP contribution in [0, 0.1) is 11.2 Å². The molecule has 1 aliphatic carbocycles. The Labute approximate surface area is 180 Å². The Morgan fingerprint density at radius 3 is 2.53 bits per heavy atom. The Balaban J connectivity index is 1.61. The van der Waals surface area contributed by atoms with Crippen molar-refractivity contribution in [2.24, 2.45) is 10.4 Å². The zero-order valence-electron chi connectivity index (χ0n) is 18.6. The summed E-state index contributed by atoms with van der Waals surface area (Å²) in [7, 11) is 1.82. The van der Waals surface area contributed by atoms with Gasteiger partial charge in [0.25, 0.3) is 0 Å². The van der Waals surface area contributed by atoms with Gasteiger partial charge < -0.3 is 20.1 Å². The van der Waals surface area contributed by atoms with E-state index in [0.717, 1.165) is 50.5 Å². The Morgan fingerprint density at radius 1 is 1.13 bits per heavy atom. The largest absolute Gasteiger partial charge is 0.382 e.